The van der Waals surface area contributed by atoms with Crippen LogP contribution >= 0.6 is 0 Å². The Hall–Kier alpha value is -4.56. The molecule has 0 amide bonds. The molecule has 2 aromatic heterocycles. The molecule has 2 heterocycles. The molecule has 7 aromatic rings. The number of aromatic nitrogens is 2. The number of nitrogens with zero attached hydrogens (tertiary/aromatic N) is 1. The maximum atomic E-state index is 3.51. The Balaban J connectivity index is 0.000000456. The number of para-hydroxylation sites is 2. The second-order valence-electron chi connectivity index (χ2n) is 9.48. The number of aryl methyl sites for hydroxylation is 1. The monoisotopic (exact) mass is 568 g/mol. The van der Waals surface area contributed by atoms with Crippen molar-refractivity contribution < 1.29 is 0 Å². The fourth-order valence-corrected chi connectivity index (χ4v) is 5.23. The van der Waals surface area contributed by atoms with Gasteiger partial charge in [0.25, 0.3) is 0 Å². The third-order valence-electron chi connectivity index (χ3n) is 7.30. The number of hydrogen-bond donors (Lipinski definition) is 1. The molecule has 1 N–H and O–H groups in total. The smallest absolute Gasteiger partial charge is 0.0489 e. The van der Waals surface area contributed by atoms with Crippen molar-refractivity contribution in [3.05, 3.63) is 121 Å². The second kappa shape index (κ2) is 16.2. The van der Waals surface area contributed by atoms with E-state index < -0.39 is 0 Å². The molecule has 0 spiro atoms. The fraction of sp³-hybridized carbons (Fsp3) is 0.220. The lowest BCUT2D eigenvalue weighted by atomic mass is 9.98. The van der Waals surface area contributed by atoms with Gasteiger partial charge in [-0.1, -0.05) is 126 Å². The van der Waals surface area contributed by atoms with Gasteiger partial charge in [0.05, 0.1) is 0 Å². The van der Waals surface area contributed by atoms with Gasteiger partial charge in [-0.2, -0.15) is 0 Å². The fourth-order valence-electron chi connectivity index (χ4n) is 5.23. The van der Waals surface area contributed by atoms with E-state index in [1.165, 1.54) is 65.9 Å². The van der Waals surface area contributed by atoms with E-state index in [2.05, 4.69) is 126 Å². The zero-order chi connectivity index (χ0) is 31.4. The standard InChI is InChI=1S/C31H22N2.C4H8.3C2H6/c1-33-30-9-5-3-7-25(30)27-19-23(15-17-31(27)33)21-12-10-20(11-13-21)22-14-16-29-26(18-22)24-6-2-4-8-28(24)32-29;1-3-4-2;3*1-2/h2-19,32H,1H3;3-4H,1-2H3;3*1-2H3/b;4-3-;;;. The highest BCUT2D eigenvalue weighted by atomic mass is 14.9. The zero-order valence-electron chi connectivity index (χ0n) is 27.5. The first-order chi connectivity index (χ1) is 21.2. The van der Waals surface area contributed by atoms with Crippen molar-refractivity contribution in [2.24, 2.45) is 7.05 Å². The first kappa shape index (κ1) is 32.9. The van der Waals surface area contributed by atoms with Crippen molar-refractivity contribution in [3.8, 4) is 22.3 Å². The highest BCUT2D eigenvalue weighted by molar-refractivity contribution is 6.10. The van der Waals surface area contributed by atoms with E-state index in [0.29, 0.717) is 0 Å². The van der Waals surface area contributed by atoms with Crippen molar-refractivity contribution in [2.75, 3.05) is 0 Å². The van der Waals surface area contributed by atoms with Crippen molar-refractivity contribution in [3.63, 3.8) is 0 Å². The highest BCUT2D eigenvalue weighted by Gasteiger charge is 2.10. The van der Waals surface area contributed by atoms with Gasteiger partial charge in [-0.3, -0.25) is 0 Å². The van der Waals surface area contributed by atoms with E-state index in [0.717, 1.165) is 0 Å². The number of aromatic amines is 1. The summed E-state index contributed by atoms with van der Waals surface area (Å²) >= 11 is 0. The Bertz CT molecular complexity index is 1890. The summed E-state index contributed by atoms with van der Waals surface area (Å²) in [6.45, 7) is 16.0. The van der Waals surface area contributed by atoms with Crippen LogP contribution in [0.25, 0.3) is 65.9 Å². The average molecular weight is 569 g/mol. The Morgan fingerprint density at radius 1 is 0.442 bits per heavy atom. The van der Waals surface area contributed by atoms with Gasteiger partial charge in [0.1, 0.15) is 0 Å². The summed E-state index contributed by atoms with van der Waals surface area (Å²) in [5.41, 5.74) is 9.86. The molecule has 0 aliphatic carbocycles. The van der Waals surface area contributed by atoms with Crippen LogP contribution in [0.2, 0.25) is 0 Å². The molecular weight excluding hydrogens is 520 g/mol. The summed E-state index contributed by atoms with van der Waals surface area (Å²) < 4.78 is 2.28. The van der Waals surface area contributed by atoms with Gasteiger partial charge < -0.3 is 9.55 Å². The first-order valence-corrected chi connectivity index (χ1v) is 15.8. The Kier molecular flexibility index (Phi) is 12.4. The van der Waals surface area contributed by atoms with Crippen molar-refractivity contribution in [2.45, 2.75) is 55.4 Å². The predicted molar refractivity (Wildman–Crippen MR) is 195 cm³/mol. The minimum absolute atomic E-state index is 1.18. The van der Waals surface area contributed by atoms with Crippen LogP contribution in [0, 0.1) is 0 Å². The molecule has 0 fully saturated rings. The topological polar surface area (TPSA) is 20.7 Å². The number of allylic oxidation sites excluding steroid dienone is 2. The summed E-state index contributed by atoms with van der Waals surface area (Å²) in [5, 5.41) is 5.16. The van der Waals surface area contributed by atoms with Gasteiger partial charge in [-0.25, -0.2) is 0 Å². The molecule has 0 saturated heterocycles. The quantitative estimate of drug-likeness (QED) is 0.200. The molecule has 0 unspecified atom stereocenters. The Morgan fingerprint density at radius 3 is 1.49 bits per heavy atom. The number of fused-ring (bicyclic) bond motifs is 6. The van der Waals surface area contributed by atoms with Crippen LogP contribution in [0.1, 0.15) is 55.4 Å². The third-order valence-corrected chi connectivity index (χ3v) is 7.30. The summed E-state index contributed by atoms with van der Waals surface area (Å²) in [6.07, 6.45) is 4.00. The summed E-state index contributed by atoms with van der Waals surface area (Å²) in [7, 11) is 2.14. The van der Waals surface area contributed by atoms with E-state index in [1.807, 2.05) is 67.5 Å². The van der Waals surface area contributed by atoms with Gasteiger partial charge >= 0.3 is 0 Å². The van der Waals surface area contributed by atoms with Crippen LogP contribution in [-0.4, -0.2) is 9.55 Å². The number of H-pyrrole nitrogens is 1. The van der Waals surface area contributed by atoms with Crippen LogP contribution in [-0.2, 0) is 7.05 Å². The van der Waals surface area contributed by atoms with Crippen molar-refractivity contribution in [1.29, 1.82) is 0 Å². The van der Waals surface area contributed by atoms with Crippen molar-refractivity contribution in [1.82, 2.24) is 9.55 Å². The Labute approximate surface area is 258 Å². The average Bonchev–Trinajstić information content (AvgIpc) is 3.62. The van der Waals surface area contributed by atoms with E-state index in [1.54, 1.807) is 0 Å². The Morgan fingerprint density at radius 2 is 0.884 bits per heavy atom. The third kappa shape index (κ3) is 6.92. The largest absolute Gasteiger partial charge is 0.355 e. The maximum Gasteiger partial charge on any atom is 0.0489 e. The minimum Gasteiger partial charge on any atom is -0.355 e. The van der Waals surface area contributed by atoms with E-state index in [4.69, 9.17) is 0 Å². The zero-order valence-corrected chi connectivity index (χ0v) is 27.5. The van der Waals surface area contributed by atoms with E-state index >= 15 is 0 Å². The molecule has 0 bridgehead atoms. The normalized spacial score (nSPS) is 10.3. The summed E-state index contributed by atoms with van der Waals surface area (Å²) in [6, 6.07) is 39.6. The predicted octanol–water partition coefficient (Wildman–Crippen LogP) is 13.0. The molecule has 43 heavy (non-hydrogen) atoms. The molecule has 0 aliphatic rings. The van der Waals surface area contributed by atoms with Crippen LogP contribution in [0.5, 0.6) is 0 Å². The molecule has 0 radical (unpaired) electrons. The lowest BCUT2D eigenvalue weighted by Gasteiger charge is -2.07. The molecule has 5 aromatic carbocycles. The highest BCUT2D eigenvalue weighted by Crippen LogP contribution is 2.34. The molecule has 222 valence electrons. The molecule has 2 nitrogen and oxygen atoms in total. The lowest BCUT2D eigenvalue weighted by molar-refractivity contribution is 1.01. The van der Waals surface area contributed by atoms with Crippen molar-refractivity contribution >= 4 is 43.6 Å². The number of benzene rings is 5. The molecular formula is C41H48N2. The maximum absolute atomic E-state index is 3.51. The molecule has 0 aliphatic heterocycles. The molecule has 2 heteroatoms. The molecule has 0 atom stereocenters. The van der Waals surface area contributed by atoms with Gasteiger partial charge in [-0.15, -0.1) is 0 Å². The summed E-state index contributed by atoms with van der Waals surface area (Å²) in [4.78, 5) is 3.51. The number of hydrogen-bond acceptors (Lipinski definition) is 0. The van der Waals surface area contributed by atoms with Gasteiger partial charge in [-0.05, 0) is 72.5 Å². The van der Waals surface area contributed by atoms with E-state index in [-0.39, 0.29) is 0 Å². The lowest BCUT2D eigenvalue weighted by Crippen LogP contribution is -1.86. The second-order valence-corrected chi connectivity index (χ2v) is 9.48. The first-order valence-electron chi connectivity index (χ1n) is 15.8. The van der Waals surface area contributed by atoms with Crippen LogP contribution < -0.4 is 0 Å². The number of rotatable bonds is 2. The van der Waals surface area contributed by atoms with Gasteiger partial charge in [0, 0.05) is 50.7 Å². The minimum atomic E-state index is 1.18. The van der Waals surface area contributed by atoms with Gasteiger partial charge in [0.2, 0.25) is 0 Å². The molecule has 7 rings (SSSR count). The number of nitrogens with one attached hydrogen (secondary N) is 1. The van der Waals surface area contributed by atoms with Crippen LogP contribution in [0.3, 0.4) is 0 Å². The van der Waals surface area contributed by atoms with Crippen LogP contribution in [0.4, 0.5) is 0 Å². The van der Waals surface area contributed by atoms with E-state index in [9.17, 15) is 0 Å². The van der Waals surface area contributed by atoms with Crippen LogP contribution in [0.15, 0.2) is 121 Å². The molecule has 0 saturated carbocycles. The SMILES string of the molecule is C/C=C\C.CC.CC.CC.Cn1c2ccccc2c2cc(-c3ccc(-c4ccc5[nH]c6ccccc6c5c4)cc3)ccc21. The summed E-state index contributed by atoms with van der Waals surface area (Å²) in [5.74, 6) is 0. The van der Waals surface area contributed by atoms with Gasteiger partial charge in [0.15, 0.2) is 0 Å².